The highest BCUT2D eigenvalue weighted by Crippen LogP contribution is 2.39. The van der Waals surface area contributed by atoms with Gasteiger partial charge in [0.25, 0.3) is 10.0 Å². The Morgan fingerprint density at radius 3 is 2.45 bits per heavy atom. The summed E-state index contributed by atoms with van der Waals surface area (Å²) in [4.78, 5) is 27.7. The van der Waals surface area contributed by atoms with Gasteiger partial charge in [0.15, 0.2) is 0 Å². The maximum atomic E-state index is 13.8. The summed E-state index contributed by atoms with van der Waals surface area (Å²) in [5.41, 5.74) is 3.10. The minimum Gasteiger partial charge on any atom is -0.465 e. The van der Waals surface area contributed by atoms with E-state index in [0.29, 0.717) is 30.6 Å². The number of carbonyl (C=O) groups is 2. The molecule has 0 saturated carbocycles. The molecule has 0 unspecified atom stereocenters. The second kappa shape index (κ2) is 11.9. The number of carbonyl (C=O) groups excluding carboxylic acids is 2. The summed E-state index contributed by atoms with van der Waals surface area (Å²) >= 11 is 0. The molecule has 0 radical (unpaired) electrons. The topological polar surface area (TPSA) is 108 Å². The van der Waals surface area contributed by atoms with Gasteiger partial charge in [-0.3, -0.25) is 13.9 Å². The van der Waals surface area contributed by atoms with Crippen molar-refractivity contribution in [1.29, 1.82) is 5.26 Å². The average Bonchev–Trinajstić information content (AvgIpc) is 2.95. The maximum absolute atomic E-state index is 13.8. The molecule has 0 N–H and O–H groups in total. The lowest BCUT2D eigenvalue weighted by molar-refractivity contribution is -0.141. The number of hydrogen-bond donors (Lipinski definition) is 0. The van der Waals surface area contributed by atoms with Crippen molar-refractivity contribution in [1.82, 2.24) is 0 Å². The number of hydrogen-bond acceptors (Lipinski definition) is 6. The van der Waals surface area contributed by atoms with Crippen LogP contribution >= 0.6 is 0 Å². The first kappa shape index (κ1) is 26.9. The number of benzene rings is 3. The molecule has 1 aliphatic rings. The third kappa shape index (κ3) is 5.87. The Labute approximate surface area is 223 Å². The van der Waals surface area contributed by atoms with E-state index in [-0.39, 0.29) is 29.5 Å². The van der Waals surface area contributed by atoms with E-state index in [1.54, 1.807) is 54.3 Å². The number of sulfonamides is 1. The Morgan fingerprint density at radius 1 is 1.03 bits per heavy atom. The predicted octanol–water partition coefficient (Wildman–Crippen LogP) is 4.23. The van der Waals surface area contributed by atoms with Gasteiger partial charge in [-0.1, -0.05) is 42.5 Å². The molecule has 0 saturated heterocycles. The summed E-state index contributed by atoms with van der Waals surface area (Å²) in [7, 11) is -4.14. The van der Waals surface area contributed by atoms with E-state index < -0.39 is 22.5 Å². The molecule has 4 rings (SSSR count). The fourth-order valence-electron chi connectivity index (χ4n) is 4.56. The predicted molar refractivity (Wildman–Crippen MR) is 144 cm³/mol. The highest BCUT2D eigenvalue weighted by molar-refractivity contribution is 7.92. The van der Waals surface area contributed by atoms with E-state index in [1.165, 1.54) is 12.1 Å². The molecule has 0 aliphatic carbocycles. The van der Waals surface area contributed by atoms with Gasteiger partial charge in [-0.05, 0) is 67.6 Å². The van der Waals surface area contributed by atoms with Gasteiger partial charge >= 0.3 is 5.97 Å². The van der Waals surface area contributed by atoms with Crippen molar-refractivity contribution in [3.8, 4) is 6.07 Å². The van der Waals surface area contributed by atoms with Crippen LogP contribution in [0, 0.1) is 11.3 Å². The first-order chi connectivity index (χ1) is 18.3. The maximum Gasteiger partial charge on any atom is 0.326 e. The Kier molecular flexibility index (Phi) is 8.44. The van der Waals surface area contributed by atoms with Gasteiger partial charge in [-0.25, -0.2) is 8.42 Å². The summed E-state index contributed by atoms with van der Waals surface area (Å²) in [5.74, 6) is -0.824. The van der Waals surface area contributed by atoms with E-state index in [1.807, 2.05) is 18.2 Å². The Balaban J connectivity index is 1.71. The molecular weight excluding hydrogens is 502 g/mol. The first-order valence-corrected chi connectivity index (χ1v) is 13.9. The fourth-order valence-corrected chi connectivity index (χ4v) is 5.99. The van der Waals surface area contributed by atoms with E-state index in [4.69, 9.17) is 10.00 Å². The SMILES string of the molecule is CCOC(=O)CN(c1cccc2c1N(C(=O)CCc1ccc(C#N)cc1)CCC2)S(=O)(=O)c1ccccc1. The number of esters is 1. The largest absolute Gasteiger partial charge is 0.465 e. The number of nitriles is 1. The summed E-state index contributed by atoms with van der Waals surface area (Å²) in [6, 6.07) is 22.3. The quantitative estimate of drug-likeness (QED) is 0.383. The van der Waals surface area contributed by atoms with E-state index >= 15 is 0 Å². The Hall–Kier alpha value is -4.16. The van der Waals surface area contributed by atoms with Gasteiger partial charge in [-0.2, -0.15) is 5.26 Å². The number of para-hydroxylation sites is 1. The van der Waals surface area contributed by atoms with Crippen LogP contribution in [0.5, 0.6) is 0 Å². The standard InChI is InChI=1S/C29H29N3O5S/c1-2-37-28(34)21-32(38(35,36)25-10-4-3-5-11-25)26-12-6-8-24-9-7-19-31(29(24)26)27(33)18-17-22-13-15-23(20-30)16-14-22/h3-6,8,10-16H,2,7,9,17-19,21H2,1H3. The molecule has 0 fully saturated rings. The van der Waals surface area contributed by atoms with Crippen molar-refractivity contribution in [2.24, 2.45) is 0 Å². The first-order valence-electron chi connectivity index (χ1n) is 12.5. The Morgan fingerprint density at radius 2 is 1.76 bits per heavy atom. The molecule has 1 heterocycles. The number of ether oxygens (including phenoxy) is 1. The summed E-state index contributed by atoms with van der Waals surface area (Å²) < 4.78 is 33.7. The second-order valence-electron chi connectivity index (χ2n) is 8.87. The van der Waals surface area contributed by atoms with Crippen LogP contribution in [0.3, 0.4) is 0 Å². The zero-order chi connectivity index (χ0) is 27.1. The number of amides is 1. The van der Waals surface area contributed by atoms with Gasteiger partial charge in [0.2, 0.25) is 5.91 Å². The summed E-state index contributed by atoms with van der Waals surface area (Å²) in [5, 5.41) is 9.01. The molecule has 0 spiro atoms. The van der Waals surface area contributed by atoms with Crippen LogP contribution in [-0.4, -0.2) is 40.0 Å². The molecule has 38 heavy (non-hydrogen) atoms. The Bertz CT molecular complexity index is 1450. The summed E-state index contributed by atoms with van der Waals surface area (Å²) in [6.45, 7) is 1.70. The monoisotopic (exact) mass is 531 g/mol. The minimum absolute atomic E-state index is 0.0383. The van der Waals surface area contributed by atoms with Crippen LogP contribution < -0.4 is 9.21 Å². The zero-order valence-corrected chi connectivity index (χ0v) is 22.0. The molecule has 8 nitrogen and oxygen atoms in total. The van der Waals surface area contributed by atoms with Crippen LogP contribution in [0.4, 0.5) is 11.4 Å². The number of nitrogens with zero attached hydrogens (tertiary/aromatic N) is 3. The van der Waals surface area contributed by atoms with Gasteiger partial charge in [0.1, 0.15) is 6.54 Å². The van der Waals surface area contributed by atoms with E-state index in [2.05, 4.69) is 6.07 Å². The lowest BCUT2D eigenvalue weighted by atomic mass is 9.99. The molecule has 1 aliphatic heterocycles. The van der Waals surface area contributed by atoms with Crippen molar-refractivity contribution >= 4 is 33.3 Å². The molecular formula is C29H29N3O5S. The minimum atomic E-state index is -4.14. The second-order valence-corrected chi connectivity index (χ2v) is 10.7. The van der Waals surface area contributed by atoms with Crippen molar-refractivity contribution in [3.05, 3.63) is 89.5 Å². The number of rotatable bonds is 9. The third-order valence-electron chi connectivity index (χ3n) is 6.39. The molecule has 196 valence electrons. The average molecular weight is 532 g/mol. The molecule has 0 aromatic heterocycles. The third-order valence-corrected chi connectivity index (χ3v) is 8.16. The van der Waals surface area contributed by atoms with Crippen LogP contribution in [0.25, 0.3) is 0 Å². The van der Waals surface area contributed by atoms with Crippen LogP contribution in [0.15, 0.2) is 77.7 Å². The smallest absolute Gasteiger partial charge is 0.326 e. The van der Waals surface area contributed by atoms with Gasteiger partial charge in [0.05, 0.1) is 34.5 Å². The van der Waals surface area contributed by atoms with Crippen molar-refractivity contribution < 1.29 is 22.7 Å². The van der Waals surface area contributed by atoms with E-state index in [0.717, 1.165) is 21.9 Å². The molecule has 3 aromatic rings. The van der Waals surface area contributed by atoms with Crippen molar-refractivity contribution in [3.63, 3.8) is 0 Å². The van der Waals surface area contributed by atoms with Gasteiger partial charge < -0.3 is 9.64 Å². The van der Waals surface area contributed by atoms with Crippen molar-refractivity contribution in [2.45, 2.75) is 37.5 Å². The molecule has 0 atom stereocenters. The van der Waals surface area contributed by atoms with Crippen LogP contribution in [-0.2, 0) is 37.2 Å². The van der Waals surface area contributed by atoms with Gasteiger partial charge in [0, 0.05) is 13.0 Å². The molecule has 1 amide bonds. The number of anilines is 2. The van der Waals surface area contributed by atoms with Crippen molar-refractivity contribution in [2.75, 3.05) is 28.9 Å². The number of fused-ring (bicyclic) bond motifs is 1. The number of aryl methyl sites for hydroxylation is 2. The zero-order valence-electron chi connectivity index (χ0n) is 21.2. The van der Waals surface area contributed by atoms with Crippen LogP contribution in [0.1, 0.15) is 36.5 Å². The normalized spacial score (nSPS) is 12.8. The van der Waals surface area contributed by atoms with Crippen LogP contribution in [0.2, 0.25) is 0 Å². The lowest BCUT2D eigenvalue weighted by Crippen LogP contribution is -2.41. The molecule has 3 aromatic carbocycles. The summed E-state index contributed by atoms with van der Waals surface area (Å²) in [6.07, 6.45) is 2.11. The fraction of sp³-hybridized carbons (Fsp3) is 0.276. The highest BCUT2D eigenvalue weighted by atomic mass is 32.2. The van der Waals surface area contributed by atoms with E-state index in [9.17, 15) is 18.0 Å². The highest BCUT2D eigenvalue weighted by Gasteiger charge is 2.34. The lowest BCUT2D eigenvalue weighted by Gasteiger charge is -2.35. The van der Waals surface area contributed by atoms with Gasteiger partial charge in [-0.15, -0.1) is 0 Å². The molecule has 0 bridgehead atoms. The molecule has 9 heteroatoms.